The van der Waals surface area contributed by atoms with E-state index in [2.05, 4.69) is 38.1 Å². The summed E-state index contributed by atoms with van der Waals surface area (Å²) in [7, 11) is 0. The Morgan fingerprint density at radius 2 is 1.26 bits per heavy atom. The predicted octanol–water partition coefficient (Wildman–Crippen LogP) is 5.05. The zero-order valence-corrected chi connectivity index (χ0v) is 16.5. The standard InChI is InChI=1S/C12H8N2.C9H6O2.C4H4N2/c1-3-9-5-6-11-10(4-2-7-13-11)12(9)14-8-1;10-9-6-5-7-3-1-2-4-8(7)11-9;1-2-6-4-3-5-1/h1-8H;1-6H;1-4H. The quantitative estimate of drug-likeness (QED) is 0.259. The first-order valence-corrected chi connectivity index (χ1v) is 9.58. The zero-order valence-electron chi connectivity index (χ0n) is 16.5. The Morgan fingerprint density at radius 3 is 2.06 bits per heavy atom. The van der Waals surface area contributed by atoms with Gasteiger partial charge in [0.05, 0.1) is 11.0 Å². The van der Waals surface area contributed by atoms with Crippen LogP contribution in [-0.4, -0.2) is 19.9 Å². The van der Waals surface area contributed by atoms with Gasteiger partial charge in [0.2, 0.25) is 0 Å². The maximum Gasteiger partial charge on any atom is 0.336 e. The molecule has 6 nitrogen and oxygen atoms in total. The first kappa shape index (κ1) is 19.8. The smallest absolute Gasteiger partial charge is 0.336 e. The second-order valence-electron chi connectivity index (χ2n) is 6.40. The number of rotatable bonds is 0. The highest BCUT2D eigenvalue weighted by molar-refractivity contribution is 6.03. The molecule has 0 saturated heterocycles. The van der Waals surface area contributed by atoms with E-state index in [1.165, 1.54) is 6.07 Å². The minimum atomic E-state index is -0.302. The molecule has 0 atom stereocenters. The normalized spacial score (nSPS) is 10.1. The topological polar surface area (TPSA) is 81.8 Å². The first-order chi connectivity index (χ1) is 15.3. The molecule has 2 aromatic carbocycles. The van der Waals surface area contributed by atoms with E-state index in [0.717, 1.165) is 27.2 Å². The molecule has 31 heavy (non-hydrogen) atoms. The van der Waals surface area contributed by atoms with Crippen molar-refractivity contribution in [2.24, 2.45) is 0 Å². The van der Waals surface area contributed by atoms with Crippen LogP contribution in [0.3, 0.4) is 0 Å². The van der Waals surface area contributed by atoms with Crippen molar-refractivity contribution in [3.05, 3.63) is 120 Å². The summed E-state index contributed by atoms with van der Waals surface area (Å²) in [4.78, 5) is 26.8. The Balaban J connectivity index is 0.000000121. The predicted molar refractivity (Wildman–Crippen MR) is 122 cm³/mol. The summed E-state index contributed by atoms with van der Waals surface area (Å²) >= 11 is 0. The third kappa shape index (κ3) is 5.13. The molecule has 0 radical (unpaired) electrons. The van der Waals surface area contributed by atoms with Gasteiger partial charge in [-0.1, -0.05) is 30.3 Å². The summed E-state index contributed by atoms with van der Waals surface area (Å²) in [6.07, 6.45) is 10.2. The minimum Gasteiger partial charge on any atom is -0.423 e. The number of hydrogen-bond donors (Lipinski definition) is 0. The molecule has 0 unspecified atom stereocenters. The van der Waals surface area contributed by atoms with Gasteiger partial charge in [-0.15, -0.1) is 0 Å². The average molecular weight is 406 g/mol. The van der Waals surface area contributed by atoms with Gasteiger partial charge in [0.15, 0.2) is 0 Å². The van der Waals surface area contributed by atoms with Crippen molar-refractivity contribution in [2.45, 2.75) is 0 Å². The van der Waals surface area contributed by atoms with Crippen molar-refractivity contribution in [2.75, 3.05) is 0 Å². The molecule has 0 aliphatic rings. The lowest BCUT2D eigenvalue weighted by molar-refractivity contribution is 0.561. The molecule has 4 heterocycles. The summed E-state index contributed by atoms with van der Waals surface area (Å²) in [5, 5.41) is 3.23. The van der Waals surface area contributed by atoms with Crippen LogP contribution in [0.4, 0.5) is 0 Å². The van der Waals surface area contributed by atoms with E-state index in [1.807, 2.05) is 42.6 Å². The van der Waals surface area contributed by atoms with Crippen LogP contribution in [0.1, 0.15) is 0 Å². The SMILES string of the molecule is O=c1ccc2ccccc2o1.c1cnc2c(c1)ccc1ncccc12.c1cnccn1. The lowest BCUT2D eigenvalue weighted by Gasteiger charge is -2.00. The number of hydrogen-bond acceptors (Lipinski definition) is 6. The van der Waals surface area contributed by atoms with Gasteiger partial charge in [-0.05, 0) is 36.4 Å². The largest absolute Gasteiger partial charge is 0.423 e. The lowest BCUT2D eigenvalue weighted by atomic mass is 10.1. The highest BCUT2D eigenvalue weighted by Crippen LogP contribution is 2.21. The van der Waals surface area contributed by atoms with Crippen molar-refractivity contribution in [1.82, 2.24) is 19.9 Å². The maximum atomic E-state index is 10.7. The summed E-state index contributed by atoms with van der Waals surface area (Å²) in [6.45, 7) is 0. The fraction of sp³-hybridized carbons (Fsp3) is 0. The Bertz CT molecular complexity index is 1390. The monoisotopic (exact) mass is 406 g/mol. The summed E-state index contributed by atoms with van der Waals surface area (Å²) < 4.78 is 4.91. The van der Waals surface area contributed by atoms with Crippen LogP contribution in [0.15, 0.2) is 119 Å². The maximum absolute atomic E-state index is 10.7. The van der Waals surface area contributed by atoms with Crippen molar-refractivity contribution >= 4 is 32.8 Å². The number of para-hydroxylation sites is 1. The minimum absolute atomic E-state index is 0.302. The first-order valence-electron chi connectivity index (χ1n) is 9.58. The molecule has 6 aromatic rings. The molecule has 0 spiro atoms. The molecule has 0 bridgehead atoms. The van der Waals surface area contributed by atoms with Gasteiger partial charge in [-0.3, -0.25) is 19.9 Å². The fourth-order valence-electron chi connectivity index (χ4n) is 2.96. The Hall–Kier alpha value is -4.45. The van der Waals surface area contributed by atoms with Crippen LogP contribution >= 0.6 is 0 Å². The molecule has 0 fully saturated rings. The molecule has 150 valence electrons. The van der Waals surface area contributed by atoms with Gasteiger partial charge in [0.25, 0.3) is 0 Å². The molecule has 0 aliphatic carbocycles. The molecular weight excluding hydrogens is 388 g/mol. The summed E-state index contributed by atoms with van der Waals surface area (Å²) in [5.74, 6) is 0. The van der Waals surface area contributed by atoms with Crippen LogP contribution in [0.2, 0.25) is 0 Å². The van der Waals surface area contributed by atoms with Gasteiger partial charge < -0.3 is 4.42 Å². The second kappa shape index (κ2) is 9.84. The Labute approximate surface area is 177 Å². The molecule has 0 amide bonds. The van der Waals surface area contributed by atoms with Gasteiger partial charge in [0.1, 0.15) is 5.58 Å². The number of benzene rings is 2. The van der Waals surface area contributed by atoms with Crippen LogP contribution in [0, 0.1) is 0 Å². The number of aromatic nitrogens is 4. The lowest BCUT2D eigenvalue weighted by Crippen LogP contribution is -1.93. The number of nitrogens with zero attached hydrogens (tertiary/aromatic N) is 4. The van der Waals surface area contributed by atoms with E-state index in [-0.39, 0.29) is 5.63 Å². The van der Waals surface area contributed by atoms with Crippen LogP contribution in [0.5, 0.6) is 0 Å². The molecule has 6 rings (SSSR count). The molecule has 0 N–H and O–H groups in total. The van der Waals surface area contributed by atoms with E-state index in [0.29, 0.717) is 5.58 Å². The third-order valence-corrected chi connectivity index (χ3v) is 4.36. The molecule has 6 heteroatoms. The van der Waals surface area contributed by atoms with E-state index in [9.17, 15) is 4.79 Å². The van der Waals surface area contributed by atoms with E-state index >= 15 is 0 Å². The van der Waals surface area contributed by atoms with Crippen LogP contribution in [-0.2, 0) is 0 Å². The van der Waals surface area contributed by atoms with Crippen molar-refractivity contribution in [3.63, 3.8) is 0 Å². The number of pyridine rings is 2. The summed E-state index contributed by atoms with van der Waals surface area (Å²) in [6, 6.07) is 22.7. The van der Waals surface area contributed by atoms with E-state index in [4.69, 9.17) is 4.42 Å². The number of fused-ring (bicyclic) bond motifs is 4. The van der Waals surface area contributed by atoms with Gasteiger partial charge in [0, 0.05) is 59.4 Å². The fourth-order valence-corrected chi connectivity index (χ4v) is 2.96. The van der Waals surface area contributed by atoms with Crippen LogP contribution in [0.25, 0.3) is 32.8 Å². The summed E-state index contributed by atoms with van der Waals surface area (Å²) in [5.41, 5.74) is 2.36. The Morgan fingerprint density at radius 1 is 0.581 bits per heavy atom. The van der Waals surface area contributed by atoms with Crippen molar-refractivity contribution in [1.29, 1.82) is 0 Å². The highest BCUT2D eigenvalue weighted by atomic mass is 16.4. The molecule has 4 aromatic heterocycles. The highest BCUT2D eigenvalue weighted by Gasteiger charge is 1.99. The van der Waals surface area contributed by atoms with Crippen LogP contribution < -0.4 is 5.63 Å². The Kier molecular flexibility index (Phi) is 6.30. The van der Waals surface area contributed by atoms with Gasteiger partial charge >= 0.3 is 5.63 Å². The van der Waals surface area contributed by atoms with E-state index in [1.54, 1.807) is 43.1 Å². The zero-order chi connectivity index (χ0) is 21.3. The molecule has 0 aliphatic heterocycles. The molecule has 0 saturated carbocycles. The van der Waals surface area contributed by atoms with Gasteiger partial charge in [-0.2, -0.15) is 0 Å². The van der Waals surface area contributed by atoms with Gasteiger partial charge in [-0.25, -0.2) is 4.79 Å². The second-order valence-corrected chi connectivity index (χ2v) is 6.40. The van der Waals surface area contributed by atoms with Crippen molar-refractivity contribution < 1.29 is 4.42 Å². The third-order valence-electron chi connectivity index (χ3n) is 4.36. The average Bonchev–Trinajstić information content (AvgIpc) is 2.86. The van der Waals surface area contributed by atoms with Crippen molar-refractivity contribution in [3.8, 4) is 0 Å². The van der Waals surface area contributed by atoms with E-state index < -0.39 is 0 Å². The molecular formula is C25H18N4O2.